The number of rotatable bonds is 5. The maximum absolute atomic E-state index is 11.6. The predicted octanol–water partition coefficient (Wildman–Crippen LogP) is 5.09. The number of aromatic nitrogens is 6. The molecule has 0 amide bonds. The van der Waals surface area contributed by atoms with E-state index in [2.05, 4.69) is 47.4 Å². The molecule has 4 aromatic heterocycles. The number of fused-ring (bicyclic) bond motifs is 2. The fraction of sp³-hybridized carbons (Fsp3) is 0.571. The first-order chi connectivity index (χ1) is 19.1. The Kier molecular flexibility index (Phi) is 10.3. The van der Waals surface area contributed by atoms with Gasteiger partial charge in [0.2, 0.25) is 10.0 Å². The van der Waals surface area contributed by atoms with E-state index in [1.165, 1.54) is 31.1 Å². The van der Waals surface area contributed by atoms with Gasteiger partial charge < -0.3 is 14.5 Å². The van der Waals surface area contributed by atoms with E-state index in [1.54, 1.807) is 10.6 Å². The SMILES string of the molecule is C.Cc1cc2c(Cl)ncnc2n1CC1CCN(S(C)(=O)=O)CC1.Cc1cc2c(Cl)ncnc2n1CC1CCNCC1. The van der Waals surface area contributed by atoms with E-state index < -0.39 is 10.0 Å². The minimum absolute atomic E-state index is 0. The molecule has 2 saturated heterocycles. The summed E-state index contributed by atoms with van der Waals surface area (Å²) >= 11 is 12.2. The average molecular weight is 624 g/mol. The smallest absolute Gasteiger partial charge is 0.211 e. The fourth-order valence-electron chi connectivity index (χ4n) is 5.78. The monoisotopic (exact) mass is 622 g/mol. The molecule has 6 rings (SSSR count). The topological polar surface area (TPSA) is 111 Å². The Morgan fingerprint density at radius 3 is 1.68 bits per heavy atom. The zero-order valence-corrected chi connectivity index (χ0v) is 25.5. The first-order valence-corrected chi connectivity index (χ1v) is 16.3. The number of halogens is 2. The molecule has 0 saturated carbocycles. The summed E-state index contributed by atoms with van der Waals surface area (Å²) in [5, 5.41) is 6.25. The first-order valence-electron chi connectivity index (χ1n) is 13.7. The van der Waals surface area contributed by atoms with Crippen LogP contribution in [0.4, 0.5) is 0 Å². The lowest BCUT2D eigenvalue weighted by atomic mass is 9.98. The molecule has 10 nitrogen and oxygen atoms in total. The number of aryl methyl sites for hydroxylation is 2. The van der Waals surface area contributed by atoms with Crippen LogP contribution in [0.1, 0.15) is 44.5 Å². The Bertz CT molecular complexity index is 1590. The molecule has 4 aromatic rings. The molecule has 0 unspecified atom stereocenters. The molecule has 0 radical (unpaired) electrons. The standard InChI is InChI=1S/C14H19ClN4O2S.C13H17ClN4.CH4/c1-10-7-12-13(15)16-9-17-14(12)19(10)8-11-3-5-18(6-4-11)22(2,20)21;1-9-6-11-12(14)16-8-17-13(11)18(9)7-10-2-4-15-5-3-10;/h7,9,11H,3-6,8H2,1-2H3;6,8,10,15H,2-5,7H2,1H3;1H4. The molecule has 0 bridgehead atoms. The number of piperidine rings is 2. The van der Waals surface area contributed by atoms with Gasteiger partial charge in [0, 0.05) is 37.6 Å². The Balaban J connectivity index is 0.000000188. The highest BCUT2D eigenvalue weighted by Gasteiger charge is 2.26. The third-order valence-electron chi connectivity index (χ3n) is 8.08. The summed E-state index contributed by atoms with van der Waals surface area (Å²) in [5.74, 6) is 1.18. The Labute approximate surface area is 252 Å². The maximum Gasteiger partial charge on any atom is 0.211 e. The molecular weight excluding hydrogens is 583 g/mol. The van der Waals surface area contributed by atoms with Crippen LogP contribution in [0.25, 0.3) is 22.1 Å². The maximum atomic E-state index is 11.6. The molecule has 13 heteroatoms. The van der Waals surface area contributed by atoms with E-state index in [-0.39, 0.29) is 7.43 Å². The van der Waals surface area contributed by atoms with Crippen molar-refractivity contribution in [3.05, 3.63) is 46.5 Å². The van der Waals surface area contributed by atoms with Crippen molar-refractivity contribution in [3.8, 4) is 0 Å². The number of sulfonamides is 1. The van der Waals surface area contributed by atoms with E-state index in [9.17, 15) is 8.42 Å². The highest BCUT2D eigenvalue weighted by Crippen LogP contribution is 2.28. The van der Waals surface area contributed by atoms with Crippen LogP contribution in [0.3, 0.4) is 0 Å². The van der Waals surface area contributed by atoms with Crippen LogP contribution in [-0.2, 0) is 23.1 Å². The van der Waals surface area contributed by atoms with Gasteiger partial charge in [0.25, 0.3) is 0 Å². The van der Waals surface area contributed by atoms with Crippen LogP contribution in [0.5, 0.6) is 0 Å². The van der Waals surface area contributed by atoms with E-state index in [0.29, 0.717) is 29.3 Å². The van der Waals surface area contributed by atoms with Crippen molar-refractivity contribution in [1.29, 1.82) is 0 Å². The van der Waals surface area contributed by atoms with Gasteiger partial charge in [-0.3, -0.25) is 0 Å². The Morgan fingerprint density at radius 1 is 0.805 bits per heavy atom. The van der Waals surface area contributed by atoms with Gasteiger partial charge in [-0.1, -0.05) is 30.6 Å². The average Bonchev–Trinajstić information content (AvgIpc) is 3.42. The lowest BCUT2D eigenvalue weighted by Crippen LogP contribution is -2.38. The van der Waals surface area contributed by atoms with Crippen LogP contribution >= 0.6 is 23.2 Å². The normalized spacial score (nSPS) is 17.4. The van der Waals surface area contributed by atoms with Crippen LogP contribution in [0.2, 0.25) is 10.3 Å². The number of hydrogen-bond donors (Lipinski definition) is 1. The van der Waals surface area contributed by atoms with Gasteiger partial charge in [0.15, 0.2) is 0 Å². The summed E-state index contributed by atoms with van der Waals surface area (Å²) in [7, 11) is -3.07. The predicted molar refractivity (Wildman–Crippen MR) is 166 cm³/mol. The van der Waals surface area contributed by atoms with Crippen molar-refractivity contribution >= 4 is 55.3 Å². The zero-order valence-electron chi connectivity index (χ0n) is 23.1. The minimum Gasteiger partial charge on any atom is -0.329 e. The fourth-order valence-corrected chi connectivity index (χ4v) is 7.02. The molecule has 2 aliphatic heterocycles. The first kappa shape index (κ1) is 31.6. The second kappa shape index (κ2) is 13.3. The molecule has 0 aliphatic carbocycles. The molecule has 6 heterocycles. The van der Waals surface area contributed by atoms with E-state index in [1.807, 2.05) is 13.0 Å². The molecule has 0 aromatic carbocycles. The molecule has 41 heavy (non-hydrogen) atoms. The van der Waals surface area contributed by atoms with Gasteiger partial charge in [0.1, 0.15) is 34.3 Å². The van der Waals surface area contributed by atoms with Crippen molar-refractivity contribution < 1.29 is 8.42 Å². The largest absolute Gasteiger partial charge is 0.329 e. The summed E-state index contributed by atoms with van der Waals surface area (Å²) < 4.78 is 29.1. The summed E-state index contributed by atoms with van der Waals surface area (Å²) in [4.78, 5) is 16.8. The highest BCUT2D eigenvalue weighted by molar-refractivity contribution is 7.88. The lowest BCUT2D eigenvalue weighted by Gasteiger charge is -2.30. The Hall–Kier alpha value is -2.31. The third kappa shape index (κ3) is 7.19. The quantitative estimate of drug-likeness (QED) is 0.308. The van der Waals surface area contributed by atoms with Crippen LogP contribution < -0.4 is 5.32 Å². The van der Waals surface area contributed by atoms with E-state index in [4.69, 9.17) is 23.2 Å². The van der Waals surface area contributed by atoms with Crippen molar-refractivity contribution in [2.24, 2.45) is 11.8 Å². The summed E-state index contributed by atoms with van der Waals surface area (Å²) in [6, 6.07) is 4.09. The van der Waals surface area contributed by atoms with E-state index >= 15 is 0 Å². The van der Waals surface area contributed by atoms with Crippen molar-refractivity contribution in [3.63, 3.8) is 0 Å². The molecule has 0 spiro atoms. The van der Waals surface area contributed by atoms with Crippen LogP contribution in [-0.4, -0.2) is 74.2 Å². The molecule has 224 valence electrons. The van der Waals surface area contributed by atoms with Gasteiger partial charge in [-0.25, -0.2) is 32.7 Å². The van der Waals surface area contributed by atoms with Gasteiger partial charge in [-0.15, -0.1) is 0 Å². The second-order valence-electron chi connectivity index (χ2n) is 10.9. The van der Waals surface area contributed by atoms with Crippen molar-refractivity contribution in [2.75, 3.05) is 32.4 Å². The van der Waals surface area contributed by atoms with Crippen LogP contribution in [0.15, 0.2) is 24.8 Å². The second-order valence-corrected chi connectivity index (χ2v) is 13.6. The summed E-state index contributed by atoms with van der Waals surface area (Å²) in [5.41, 5.74) is 4.13. The molecule has 2 fully saturated rings. The van der Waals surface area contributed by atoms with Gasteiger partial charge in [0.05, 0.1) is 17.0 Å². The summed E-state index contributed by atoms with van der Waals surface area (Å²) in [6.07, 6.45) is 8.50. The molecular formula is C28H40Cl2N8O2S. The summed E-state index contributed by atoms with van der Waals surface area (Å²) in [6.45, 7) is 9.44. The van der Waals surface area contributed by atoms with Gasteiger partial charge >= 0.3 is 0 Å². The van der Waals surface area contributed by atoms with E-state index in [0.717, 1.165) is 72.7 Å². The van der Waals surface area contributed by atoms with Gasteiger partial charge in [-0.2, -0.15) is 0 Å². The third-order valence-corrected chi connectivity index (χ3v) is 9.99. The highest BCUT2D eigenvalue weighted by atomic mass is 35.5. The molecule has 0 atom stereocenters. The van der Waals surface area contributed by atoms with Crippen molar-refractivity contribution in [2.45, 2.75) is 60.0 Å². The number of nitrogens with zero attached hydrogens (tertiary/aromatic N) is 7. The molecule has 2 aliphatic rings. The molecule has 1 N–H and O–H groups in total. The Morgan fingerprint density at radius 2 is 1.24 bits per heavy atom. The number of hydrogen-bond acceptors (Lipinski definition) is 7. The minimum atomic E-state index is -3.07. The van der Waals surface area contributed by atoms with Crippen LogP contribution in [0, 0.1) is 25.7 Å². The zero-order chi connectivity index (χ0) is 28.4. The lowest BCUT2D eigenvalue weighted by molar-refractivity contribution is 0.254. The van der Waals surface area contributed by atoms with Crippen molar-refractivity contribution in [1.82, 2.24) is 38.7 Å². The van der Waals surface area contributed by atoms with Gasteiger partial charge in [-0.05, 0) is 76.6 Å². The number of nitrogens with one attached hydrogen (secondary N) is 1.